The van der Waals surface area contributed by atoms with E-state index in [9.17, 15) is 4.79 Å². The van der Waals surface area contributed by atoms with Gasteiger partial charge in [-0.05, 0) is 38.5 Å². The van der Waals surface area contributed by atoms with Gasteiger partial charge in [-0.25, -0.2) is 0 Å². The van der Waals surface area contributed by atoms with Crippen LogP contribution in [0.2, 0.25) is 10.0 Å². The first-order chi connectivity index (χ1) is 8.61. The van der Waals surface area contributed by atoms with Gasteiger partial charge in [-0.1, -0.05) is 29.3 Å². The summed E-state index contributed by atoms with van der Waals surface area (Å²) in [5, 5.41) is 1.14. The van der Waals surface area contributed by atoms with Crippen LogP contribution in [0.1, 0.15) is 38.8 Å². The second kappa shape index (κ2) is 6.12. The summed E-state index contributed by atoms with van der Waals surface area (Å²) in [5.74, 6) is -0.00832. The van der Waals surface area contributed by atoms with E-state index in [1.165, 1.54) is 0 Å². The van der Waals surface area contributed by atoms with E-state index in [1.54, 1.807) is 24.1 Å². The minimum absolute atomic E-state index is 0.00832. The zero-order chi connectivity index (χ0) is 14.8. The SMILES string of the molecule is CC(c1ccc(Cl)cc1Cl)N(C)C(=O)CC(C)(C)N. The first-order valence-corrected chi connectivity index (χ1v) is 6.87. The van der Waals surface area contributed by atoms with Crippen molar-refractivity contribution in [2.24, 2.45) is 5.73 Å². The lowest BCUT2D eigenvalue weighted by Crippen LogP contribution is -2.40. The van der Waals surface area contributed by atoms with E-state index < -0.39 is 5.54 Å². The molecule has 0 bridgehead atoms. The van der Waals surface area contributed by atoms with Crippen molar-refractivity contribution in [2.75, 3.05) is 7.05 Å². The van der Waals surface area contributed by atoms with Crippen LogP contribution in [0.15, 0.2) is 18.2 Å². The second-order valence-electron chi connectivity index (χ2n) is 5.51. The van der Waals surface area contributed by atoms with E-state index in [-0.39, 0.29) is 11.9 Å². The molecule has 1 aromatic carbocycles. The molecule has 2 N–H and O–H groups in total. The summed E-state index contributed by atoms with van der Waals surface area (Å²) in [4.78, 5) is 13.8. The molecule has 0 aromatic heterocycles. The van der Waals surface area contributed by atoms with Crippen LogP contribution in [0, 0.1) is 0 Å². The van der Waals surface area contributed by atoms with Crippen molar-refractivity contribution >= 4 is 29.1 Å². The first-order valence-electron chi connectivity index (χ1n) is 6.11. The highest BCUT2D eigenvalue weighted by molar-refractivity contribution is 6.35. The normalized spacial score (nSPS) is 13.2. The Labute approximate surface area is 124 Å². The molecule has 0 spiro atoms. The van der Waals surface area contributed by atoms with Gasteiger partial charge >= 0.3 is 0 Å². The van der Waals surface area contributed by atoms with Crippen molar-refractivity contribution in [3.8, 4) is 0 Å². The zero-order valence-electron chi connectivity index (χ0n) is 11.7. The predicted octanol–water partition coefficient (Wildman–Crippen LogP) is 3.64. The van der Waals surface area contributed by atoms with Gasteiger partial charge in [0.1, 0.15) is 0 Å². The van der Waals surface area contributed by atoms with Crippen LogP contribution >= 0.6 is 23.2 Å². The standard InChI is InChI=1S/C14H20Cl2N2O/c1-9(11-6-5-10(15)7-12(11)16)18(4)13(19)8-14(2,3)17/h5-7,9H,8,17H2,1-4H3. The number of carbonyl (C=O) groups excluding carboxylic acids is 1. The van der Waals surface area contributed by atoms with E-state index in [0.717, 1.165) is 5.56 Å². The molecular formula is C14H20Cl2N2O. The number of hydrogen-bond acceptors (Lipinski definition) is 2. The molecule has 0 saturated heterocycles. The molecule has 0 aliphatic heterocycles. The quantitative estimate of drug-likeness (QED) is 0.923. The Balaban J connectivity index is 2.87. The van der Waals surface area contributed by atoms with Gasteiger partial charge in [0.15, 0.2) is 0 Å². The predicted molar refractivity (Wildman–Crippen MR) is 80.5 cm³/mol. The van der Waals surface area contributed by atoms with Crippen LogP contribution in [-0.2, 0) is 4.79 Å². The van der Waals surface area contributed by atoms with Crippen LogP contribution in [-0.4, -0.2) is 23.4 Å². The maximum atomic E-state index is 12.1. The first kappa shape index (κ1) is 16.3. The third-order valence-corrected chi connectivity index (χ3v) is 3.56. The number of nitrogens with two attached hydrogens (primary N) is 1. The fourth-order valence-electron chi connectivity index (χ4n) is 1.78. The highest BCUT2D eigenvalue weighted by atomic mass is 35.5. The number of amides is 1. The van der Waals surface area contributed by atoms with Crippen LogP contribution in [0.3, 0.4) is 0 Å². The molecule has 1 amide bonds. The maximum Gasteiger partial charge on any atom is 0.224 e. The third-order valence-electron chi connectivity index (χ3n) is 2.99. The maximum absolute atomic E-state index is 12.1. The van der Waals surface area contributed by atoms with Gasteiger partial charge in [-0.3, -0.25) is 4.79 Å². The highest BCUT2D eigenvalue weighted by Gasteiger charge is 2.24. The summed E-state index contributed by atoms with van der Waals surface area (Å²) in [6.45, 7) is 5.59. The van der Waals surface area contributed by atoms with Gasteiger partial charge in [-0.15, -0.1) is 0 Å². The molecule has 1 unspecified atom stereocenters. The molecule has 106 valence electrons. The highest BCUT2D eigenvalue weighted by Crippen LogP contribution is 2.29. The summed E-state index contributed by atoms with van der Waals surface area (Å²) < 4.78 is 0. The lowest BCUT2D eigenvalue weighted by Gasteiger charge is -2.29. The van der Waals surface area contributed by atoms with Crippen LogP contribution in [0.25, 0.3) is 0 Å². The molecular weight excluding hydrogens is 283 g/mol. The zero-order valence-corrected chi connectivity index (χ0v) is 13.2. The summed E-state index contributed by atoms with van der Waals surface area (Å²) in [6.07, 6.45) is 0.291. The Morgan fingerprint density at radius 3 is 2.47 bits per heavy atom. The molecule has 0 fully saturated rings. The fraction of sp³-hybridized carbons (Fsp3) is 0.500. The summed E-state index contributed by atoms with van der Waals surface area (Å²) in [6, 6.07) is 5.16. The largest absolute Gasteiger partial charge is 0.339 e. The van der Waals surface area contributed by atoms with E-state index in [4.69, 9.17) is 28.9 Å². The number of rotatable bonds is 4. The summed E-state index contributed by atoms with van der Waals surface area (Å²) >= 11 is 12.0. The molecule has 3 nitrogen and oxygen atoms in total. The van der Waals surface area contributed by atoms with Crippen molar-refractivity contribution in [2.45, 2.75) is 38.8 Å². The van der Waals surface area contributed by atoms with Gasteiger partial charge in [-0.2, -0.15) is 0 Å². The van der Waals surface area contributed by atoms with Crippen LogP contribution < -0.4 is 5.73 Å². The Morgan fingerprint density at radius 2 is 2.00 bits per heavy atom. The van der Waals surface area contributed by atoms with E-state index in [0.29, 0.717) is 16.5 Å². The Bertz CT molecular complexity index is 469. The van der Waals surface area contributed by atoms with Crippen molar-refractivity contribution in [1.82, 2.24) is 4.90 Å². The molecule has 1 aromatic rings. The number of nitrogens with zero attached hydrogens (tertiary/aromatic N) is 1. The molecule has 0 aliphatic carbocycles. The van der Waals surface area contributed by atoms with Gasteiger partial charge in [0, 0.05) is 29.1 Å². The summed E-state index contributed by atoms with van der Waals surface area (Å²) in [5.41, 5.74) is 6.22. The Kier molecular flexibility index (Phi) is 5.25. The van der Waals surface area contributed by atoms with Crippen molar-refractivity contribution in [3.63, 3.8) is 0 Å². The average Bonchev–Trinajstić information content (AvgIpc) is 2.24. The van der Waals surface area contributed by atoms with Crippen molar-refractivity contribution in [1.29, 1.82) is 0 Å². The lowest BCUT2D eigenvalue weighted by molar-refractivity contribution is -0.132. The molecule has 1 atom stereocenters. The van der Waals surface area contributed by atoms with Crippen LogP contribution in [0.5, 0.6) is 0 Å². The monoisotopic (exact) mass is 302 g/mol. The van der Waals surface area contributed by atoms with Gasteiger partial charge in [0.05, 0.1) is 6.04 Å². The van der Waals surface area contributed by atoms with E-state index >= 15 is 0 Å². The van der Waals surface area contributed by atoms with Gasteiger partial charge in [0.25, 0.3) is 0 Å². The van der Waals surface area contributed by atoms with Gasteiger partial charge < -0.3 is 10.6 Å². The van der Waals surface area contributed by atoms with Crippen LogP contribution in [0.4, 0.5) is 0 Å². The number of benzene rings is 1. The number of halogens is 2. The van der Waals surface area contributed by atoms with Crippen molar-refractivity contribution < 1.29 is 4.79 Å². The number of hydrogen-bond donors (Lipinski definition) is 1. The molecule has 0 radical (unpaired) electrons. The lowest BCUT2D eigenvalue weighted by atomic mass is 10.00. The average molecular weight is 303 g/mol. The molecule has 0 aliphatic rings. The smallest absolute Gasteiger partial charge is 0.224 e. The molecule has 0 saturated carbocycles. The molecule has 5 heteroatoms. The number of carbonyl (C=O) groups is 1. The molecule has 1 rings (SSSR count). The topological polar surface area (TPSA) is 46.3 Å². The Morgan fingerprint density at radius 1 is 1.42 bits per heavy atom. The Hall–Kier alpha value is -0.770. The second-order valence-corrected chi connectivity index (χ2v) is 6.36. The van der Waals surface area contributed by atoms with E-state index in [1.807, 2.05) is 26.8 Å². The van der Waals surface area contributed by atoms with Crippen molar-refractivity contribution in [3.05, 3.63) is 33.8 Å². The van der Waals surface area contributed by atoms with Gasteiger partial charge in [0.2, 0.25) is 5.91 Å². The fourth-order valence-corrected chi connectivity index (χ4v) is 2.35. The van der Waals surface area contributed by atoms with E-state index in [2.05, 4.69) is 0 Å². The third kappa shape index (κ3) is 4.68. The minimum atomic E-state index is -0.519. The molecule has 19 heavy (non-hydrogen) atoms. The summed E-state index contributed by atoms with van der Waals surface area (Å²) in [7, 11) is 1.75. The molecule has 0 heterocycles. The minimum Gasteiger partial charge on any atom is -0.339 e.